The van der Waals surface area contributed by atoms with E-state index in [1.54, 1.807) is 26.0 Å². The van der Waals surface area contributed by atoms with Gasteiger partial charge in [-0.15, -0.1) is 0 Å². The maximum atomic E-state index is 13.4. The number of anilines is 2. The number of aliphatic hydroxyl groups is 4. The van der Waals surface area contributed by atoms with Gasteiger partial charge < -0.3 is 60.6 Å². The van der Waals surface area contributed by atoms with Crippen molar-refractivity contribution in [3.63, 3.8) is 0 Å². The zero-order chi connectivity index (χ0) is 54.8. The highest BCUT2D eigenvalue weighted by molar-refractivity contribution is 6.00. The highest BCUT2D eigenvalue weighted by atomic mass is 16.7. The fraction of sp³-hybridized carbons (Fsp3) is 0.475. The van der Waals surface area contributed by atoms with E-state index in [1.807, 2.05) is 139 Å². The van der Waals surface area contributed by atoms with Gasteiger partial charge in [0.05, 0.1) is 0 Å². The molecule has 16 nitrogen and oxygen atoms in total. The summed E-state index contributed by atoms with van der Waals surface area (Å²) in [6.45, 7) is 15.3. The van der Waals surface area contributed by atoms with Crippen LogP contribution >= 0.6 is 0 Å². The Morgan fingerprint density at radius 1 is 0.662 bits per heavy atom. The van der Waals surface area contributed by atoms with Crippen molar-refractivity contribution < 1.29 is 58.6 Å². The van der Waals surface area contributed by atoms with Gasteiger partial charge in [-0.3, -0.25) is 19.2 Å². The van der Waals surface area contributed by atoms with Gasteiger partial charge in [0.1, 0.15) is 48.7 Å². The number of nitrogens with one attached hydrogen (secondary N) is 4. The number of hydrogen-bond acceptors (Lipinski definition) is 12. The van der Waals surface area contributed by atoms with Crippen LogP contribution in [0.4, 0.5) is 11.4 Å². The van der Waals surface area contributed by atoms with Gasteiger partial charge in [0, 0.05) is 25.6 Å². The molecule has 420 valence electrons. The van der Waals surface area contributed by atoms with Crippen LogP contribution in [0.25, 0.3) is 22.3 Å². The molecule has 4 aromatic rings. The monoisotopic (exact) mass is 1060 g/mol. The van der Waals surface area contributed by atoms with E-state index in [2.05, 4.69) is 27.3 Å². The molecule has 0 spiro atoms. The van der Waals surface area contributed by atoms with Gasteiger partial charge in [-0.05, 0) is 108 Å². The van der Waals surface area contributed by atoms with Gasteiger partial charge in [-0.2, -0.15) is 0 Å². The molecule has 0 bridgehead atoms. The summed E-state index contributed by atoms with van der Waals surface area (Å²) in [7, 11) is 2.60. The second-order valence-electron chi connectivity index (χ2n) is 21.9. The van der Waals surface area contributed by atoms with Crippen molar-refractivity contribution in [3.8, 4) is 22.3 Å². The maximum absolute atomic E-state index is 13.4. The number of fused-ring (bicyclic) bond motifs is 2. The summed E-state index contributed by atoms with van der Waals surface area (Å²) in [5.74, 6) is -3.04. The van der Waals surface area contributed by atoms with Gasteiger partial charge in [-0.1, -0.05) is 153 Å². The molecule has 7 rings (SSSR count). The number of rotatable bonds is 14. The fourth-order valence-corrected chi connectivity index (χ4v) is 9.01. The third kappa shape index (κ3) is 17.5. The lowest BCUT2D eigenvalue weighted by atomic mass is 9.93. The van der Waals surface area contributed by atoms with Crippen LogP contribution in [0.15, 0.2) is 121 Å². The molecule has 10 atom stereocenters. The van der Waals surface area contributed by atoms with Crippen molar-refractivity contribution in [1.82, 2.24) is 10.6 Å². The predicted molar refractivity (Wildman–Crippen MR) is 302 cm³/mol. The van der Waals surface area contributed by atoms with Crippen LogP contribution < -0.4 is 21.3 Å². The summed E-state index contributed by atoms with van der Waals surface area (Å²) in [6.07, 6.45) is -1.56. The minimum Gasteiger partial charge on any atom is -0.387 e. The van der Waals surface area contributed by atoms with Gasteiger partial charge in [0.25, 0.3) is 11.8 Å². The number of benzene rings is 4. The first-order chi connectivity index (χ1) is 35.4. The van der Waals surface area contributed by atoms with Crippen molar-refractivity contribution in [3.05, 3.63) is 132 Å². The smallest absolute Gasteiger partial charge is 0.252 e. The minimum atomic E-state index is -1.71. The number of aryl methyl sites for hydroxylation is 2. The van der Waals surface area contributed by atoms with Crippen molar-refractivity contribution in [1.29, 1.82) is 0 Å². The van der Waals surface area contributed by atoms with Crippen LogP contribution in [0.1, 0.15) is 94.2 Å². The Morgan fingerprint density at radius 2 is 1.13 bits per heavy atom. The summed E-state index contributed by atoms with van der Waals surface area (Å²) in [6, 6.07) is 30.1. The molecule has 2 unspecified atom stereocenters. The van der Waals surface area contributed by atoms with E-state index in [9.17, 15) is 39.6 Å². The van der Waals surface area contributed by atoms with Crippen LogP contribution in [0.5, 0.6) is 0 Å². The standard InChI is InChI=1S/C31H40N2O6.C28H36N2O6.2CH4/c1-30(2,3)17-16-24-25(34)26(39-31(4,5)38-24)27(37-6)29(36)33-23-15-13-21-18-20(19-10-8-7-9-11-19)12-14-22(21)32-28(23)35;1-28(2,3)15-14-22(31)23(32)24(33)25(36-4)27(35)30-21-13-11-19-16-18(17-8-6-5-7-9-17)10-12-20(19)29-26(21)34;;/h7-12,14,16-18,23-27,34H,13,15H2,1-6H3,(H,32,35)(H,33,36);5-10,12,14-16,21-25,31-33H,11,13H2,1-4H3,(H,29,34)(H,30,35);2*1H4/b17-16+;15-14+;;/t23?,24-,25+,26-,27-;21?,22-,23+,24-,25-;;/m11../s1. The molecule has 3 aliphatic heterocycles. The van der Waals surface area contributed by atoms with Crippen LogP contribution in [0.2, 0.25) is 0 Å². The first kappa shape index (κ1) is 63.5. The average Bonchev–Trinajstić information content (AvgIpc) is 3.62. The number of carbonyl (C=O) groups excluding carboxylic acids is 4. The largest absolute Gasteiger partial charge is 0.387 e. The molecule has 0 aliphatic carbocycles. The van der Waals surface area contributed by atoms with E-state index in [0.29, 0.717) is 31.4 Å². The van der Waals surface area contributed by atoms with Crippen LogP contribution in [0, 0.1) is 10.8 Å². The number of allylic oxidation sites excluding steroid dienone is 2. The molecule has 0 aromatic heterocycles. The first-order valence-corrected chi connectivity index (χ1v) is 25.5. The number of hydrogen-bond donors (Lipinski definition) is 8. The molecule has 16 heteroatoms. The van der Waals surface area contributed by atoms with Gasteiger partial charge in [0.2, 0.25) is 11.8 Å². The van der Waals surface area contributed by atoms with Crippen LogP contribution in [-0.2, 0) is 51.0 Å². The number of aliphatic hydroxyl groups excluding tert-OH is 4. The maximum Gasteiger partial charge on any atom is 0.252 e. The summed E-state index contributed by atoms with van der Waals surface area (Å²) in [5.41, 5.74) is 7.27. The Hall–Kier alpha value is -6.08. The second-order valence-corrected chi connectivity index (χ2v) is 21.9. The van der Waals surface area contributed by atoms with Gasteiger partial charge in [0.15, 0.2) is 18.0 Å². The number of carbonyl (C=O) groups is 4. The van der Waals surface area contributed by atoms with E-state index >= 15 is 0 Å². The molecule has 3 heterocycles. The van der Waals surface area contributed by atoms with Crippen molar-refractivity contribution >= 4 is 35.0 Å². The molecular weight excluding hydrogens is 981 g/mol. The SMILES string of the molecule is C.C.CO[C@@H](C(=O)NC1CCc2cc(-c3ccccc3)ccc2NC1=O)[C@@H]1OC(C)(C)O[C@H](/C=C/C(C)(C)C)[C@@H]1O.CO[C@@H](C(=O)NC1CCc2cc(-c3ccccc3)ccc2NC1=O)[C@H](O)[C@@H](O)[C@H](O)/C=C/C(C)(C)C. The molecule has 3 aliphatic rings. The molecule has 4 aromatic carbocycles. The van der Waals surface area contributed by atoms with E-state index in [1.165, 1.54) is 20.3 Å². The van der Waals surface area contributed by atoms with Crippen LogP contribution in [-0.4, -0.2) is 125 Å². The van der Waals surface area contributed by atoms with Crippen LogP contribution in [0.3, 0.4) is 0 Å². The van der Waals surface area contributed by atoms with E-state index in [4.69, 9.17) is 18.9 Å². The van der Waals surface area contributed by atoms with E-state index < -0.39 is 78.5 Å². The molecule has 8 N–H and O–H groups in total. The lowest BCUT2D eigenvalue weighted by molar-refractivity contribution is -0.334. The molecule has 77 heavy (non-hydrogen) atoms. The quantitative estimate of drug-likeness (QED) is 0.0563. The normalized spacial score (nSPS) is 22.2. The topological polar surface area (TPSA) is 234 Å². The number of methoxy groups -OCH3 is 2. The lowest BCUT2D eigenvalue weighted by Gasteiger charge is -2.45. The lowest BCUT2D eigenvalue weighted by Crippen LogP contribution is -2.61. The zero-order valence-electron chi connectivity index (χ0n) is 44.7. The molecule has 1 saturated heterocycles. The summed E-state index contributed by atoms with van der Waals surface area (Å²) >= 11 is 0. The molecule has 0 saturated carbocycles. The highest BCUT2D eigenvalue weighted by Crippen LogP contribution is 2.33. The number of amides is 4. The first-order valence-electron chi connectivity index (χ1n) is 25.5. The third-order valence-electron chi connectivity index (χ3n) is 13.0. The Labute approximate surface area is 455 Å². The average molecular weight is 1070 g/mol. The van der Waals surface area contributed by atoms with Gasteiger partial charge >= 0.3 is 0 Å². The van der Waals surface area contributed by atoms with Crippen molar-refractivity contribution in [2.75, 3.05) is 24.9 Å². The summed E-state index contributed by atoms with van der Waals surface area (Å²) in [5, 5.41) is 53.5. The highest BCUT2D eigenvalue weighted by Gasteiger charge is 2.48. The predicted octanol–water partition coefficient (Wildman–Crippen LogP) is 7.92. The Bertz CT molecular complexity index is 2640. The molecule has 4 amide bonds. The van der Waals surface area contributed by atoms with Gasteiger partial charge in [-0.25, -0.2) is 0 Å². The van der Waals surface area contributed by atoms with Crippen molar-refractivity contribution in [2.24, 2.45) is 10.8 Å². The molecule has 0 radical (unpaired) electrons. The van der Waals surface area contributed by atoms with E-state index in [-0.39, 0.29) is 37.5 Å². The minimum absolute atomic E-state index is 0. The number of ether oxygens (including phenoxy) is 4. The fourth-order valence-electron chi connectivity index (χ4n) is 9.01. The Morgan fingerprint density at radius 3 is 1.57 bits per heavy atom. The molecular formula is C61H84N4O12. The second kappa shape index (κ2) is 27.5. The molecule has 1 fully saturated rings. The summed E-state index contributed by atoms with van der Waals surface area (Å²) in [4.78, 5) is 52.3. The Kier molecular flexibility index (Phi) is 22.7. The summed E-state index contributed by atoms with van der Waals surface area (Å²) < 4.78 is 22.6. The van der Waals surface area contributed by atoms with Crippen molar-refractivity contribution in [2.45, 2.75) is 163 Å². The van der Waals surface area contributed by atoms with E-state index in [0.717, 1.165) is 39.1 Å². The zero-order valence-corrected chi connectivity index (χ0v) is 44.7. The third-order valence-corrected chi connectivity index (χ3v) is 13.0. The Balaban J connectivity index is 0.000000325.